The van der Waals surface area contributed by atoms with E-state index in [4.69, 9.17) is 10.8 Å². The molecular weight excluding hydrogens is 145 g/mol. The van der Waals surface area contributed by atoms with Crippen LogP contribution in [0.25, 0.3) is 0 Å². The monoisotopic (exact) mass is 155 g/mol. The van der Waals surface area contributed by atoms with Gasteiger partial charge in [0.15, 0.2) is 11.6 Å². The van der Waals surface area contributed by atoms with E-state index in [9.17, 15) is 4.39 Å². The molecule has 0 spiro atoms. The highest BCUT2D eigenvalue weighted by Crippen LogP contribution is 2.22. The molecule has 0 saturated carbocycles. The van der Waals surface area contributed by atoms with Gasteiger partial charge in [0.2, 0.25) is 0 Å². The Hall–Kier alpha value is -1.09. The summed E-state index contributed by atoms with van der Waals surface area (Å²) >= 11 is 0. The van der Waals surface area contributed by atoms with Crippen LogP contribution in [0.15, 0.2) is 12.1 Å². The minimum atomic E-state index is -0.576. The van der Waals surface area contributed by atoms with Gasteiger partial charge in [-0.25, -0.2) is 4.39 Å². The number of halogens is 1. The second kappa shape index (κ2) is 2.88. The van der Waals surface area contributed by atoms with Crippen molar-refractivity contribution in [3.05, 3.63) is 29.1 Å². The fourth-order valence-electron chi connectivity index (χ4n) is 0.870. The smallest absolute Gasteiger partial charge is 0.168 e. The molecule has 1 rings (SSSR count). The lowest BCUT2D eigenvalue weighted by Gasteiger charge is -2.03. The minimum Gasteiger partial charge on any atom is -0.505 e. The molecule has 2 nitrogen and oxygen atoms in total. The van der Waals surface area contributed by atoms with Crippen LogP contribution in [0, 0.1) is 12.7 Å². The van der Waals surface area contributed by atoms with Gasteiger partial charge in [0.1, 0.15) is 0 Å². The predicted molar refractivity (Wildman–Crippen MR) is 40.7 cm³/mol. The molecule has 0 aliphatic carbocycles. The molecule has 11 heavy (non-hydrogen) atoms. The normalized spacial score (nSPS) is 10.1. The van der Waals surface area contributed by atoms with Crippen LogP contribution in [0.5, 0.6) is 5.75 Å². The van der Waals surface area contributed by atoms with E-state index in [0.717, 1.165) is 0 Å². The lowest BCUT2D eigenvalue weighted by molar-refractivity contribution is 0.424. The Morgan fingerprint density at radius 1 is 1.55 bits per heavy atom. The zero-order valence-electron chi connectivity index (χ0n) is 6.26. The van der Waals surface area contributed by atoms with Crippen LogP contribution < -0.4 is 5.73 Å². The first-order valence-corrected chi connectivity index (χ1v) is 3.34. The number of hydrogen-bond acceptors (Lipinski definition) is 2. The van der Waals surface area contributed by atoms with Crippen LogP contribution in [0.4, 0.5) is 4.39 Å². The van der Waals surface area contributed by atoms with E-state index < -0.39 is 5.82 Å². The van der Waals surface area contributed by atoms with Gasteiger partial charge in [0, 0.05) is 12.1 Å². The molecule has 1 aromatic rings. The van der Waals surface area contributed by atoms with E-state index in [2.05, 4.69) is 0 Å². The number of aromatic hydroxyl groups is 1. The quantitative estimate of drug-likeness (QED) is 0.642. The first-order valence-electron chi connectivity index (χ1n) is 3.34. The Morgan fingerprint density at radius 2 is 2.18 bits per heavy atom. The van der Waals surface area contributed by atoms with E-state index in [1.165, 1.54) is 0 Å². The standard InChI is InChI=1S/C8H10FNO/c1-5-2-3-6(4-10)8(11)7(5)9/h2-3,11H,4,10H2,1H3. The summed E-state index contributed by atoms with van der Waals surface area (Å²) in [5.41, 5.74) is 6.11. The van der Waals surface area contributed by atoms with Crippen molar-refractivity contribution in [3.8, 4) is 5.75 Å². The topological polar surface area (TPSA) is 46.2 Å². The number of nitrogens with two attached hydrogens (primary N) is 1. The minimum absolute atomic E-state index is 0.156. The van der Waals surface area contributed by atoms with Gasteiger partial charge in [-0.15, -0.1) is 0 Å². The molecule has 1 aromatic carbocycles. The molecule has 0 amide bonds. The summed E-state index contributed by atoms with van der Waals surface area (Å²) in [6, 6.07) is 3.21. The Bertz CT molecular complexity index is 273. The SMILES string of the molecule is Cc1ccc(CN)c(O)c1F. The number of benzene rings is 1. The second-order valence-corrected chi connectivity index (χ2v) is 2.41. The molecular formula is C8H10FNO. The summed E-state index contributed by atoms with van der Waals surface area (Å²) in [6.07, 6.45) is 0. The Kier molecular flexibility index (Phi) is 2.10. The Morgan fingerprint density at radius 3 is 2.73 bits per heavy atom. The molecule has 60 valence electrons. The molecule has 0 unspecified atom stereocenters. The van der Waals surface area contributed by atoms with E-state index in [1.54, 1.807) is 19.1 Å². The van der Waals surface area contributed by atoms with Gasteiger partial charge in [0.25, 0.3) is 0 Å². The predicted octanol–water partition coefficient (Wildman–Crippen LogP) is 1.30. The zero-order valence-corrected chi connectivity index (χ0v) is 6.26. The van der Waals surface area contributed by atoms with Crippen molar-refractivity contribution in [3.63, 3.8) is 0 Å². The lowest BCUT2D eigenvalue weighted by Crippen LogP contribution is -1.98. The Balaban J connectivity index is 3.25. The van der Waals surface area contributed by atoms with Crippen LogP contribution in [-0.2, 0) is 6.54 Å². The maximum Gasteiger partial charge on any atom is 0.168 e. The van der Waals surface area contributed by atoms with Crippen LogP contribution in [0.1, 0.15) is 11.1 Å². The van der Waals surface area contributed by atoms with Gasteiger partial charge in [0.05, 0.1) is 0 Å². The highest BCUT2D eigenvalue weighted by molar-refractivity contribution is 5.37. The van der Waals surface area contributed by atoms with Gasteiger partial charge in [-0.05, 0) is 12.5 Å². The number of phenolic OH excluding ortho intramolecular Hbond substituents is 1. The highest BCUT2D eigenvalue weighted by Gasteiger charge is 2.07. The van der Waals surface area contributed by atoms with Crippen molar-refractivity contribution in [1.82, 2.24) is 0 Å². The van der Waals surface area contributed by atoms with Crippen LogP contribution in [-0.4, -0.2) is 5.11 Å². The molecule has 3 heteroatoms. The van der Waals surface area contributed by atoms with Crippen LogP contribution in [0.2, 0.25) is 0 Å². The summed E-state index contributed by atoms with van der Waals surface area (Å²) in [5, 5.41) is 9.12. The fraction of sp³-hybridized carbons (Fsp3) is 0.250. The summed E-state index contributed by atoms with van der Waals surface area (Å²) in [4.78, 5) is 0. The summed E-state index contributed by atoms with van der Waals surface area (Å²) in [7, 11) is 0. The van der Waals surface area contributed by atoms with Crippen molar-refractivity contribution < 1.29 is 9.50 Å². The van der Waals surface area contributed by atoms with Gasteiger partial charge in [-0.2, -0.15) is 0 Å². The summed E-state index contributed by atoms with van der Waals surface area (Å²) in [5.74, 6) is -0.902. The first kappa shape index (κ1) is 8.01. The average Bonchev–Trinajstić information content (AvgIpc) is 2.01. The highest BCUT2D eigenvalue weighted by atomic mass is 19.1. The number of hydrogen-bond donors (Lipinski definition) is 2. The molecule has 3 N–H and O–H groups in total. The van der Waals surface area contributed by atoms with E-state index in [-0.39, 0.29) is 12.3 Å². The van der Waals surface area contributed by atoms with Gasteiger partial charge >= 0.3 is 0 Å². The van der Waals surface area contributed by atoms with Crippen LogP contribution in [0.3, 0.4) is 0 Å². The van der Waals surface area contributed by atoms with Crippen molar-refractivity contribution >= 4 is 0 Å². The first-order chi connectivity index (χ1) is 5.16. The molecule has 0 radical (unpaired) electrons. The van der Waals surface area contributed by atoms with Crippen molar-refractivity contribution in [2.45, 2.75) is 13.5 Å². The maximum atomic E-state index is 12.9. The van der Waals surface area contributed by atoms with E-state index >= 15 is 0 Å². The Labute approximate surface area is 64.5 Å². The largest absolute Gasteiger partial charge is 0.505 e. The third-order valence-corrected chi connectivity index (χ3v) is 1.61. The molecule has 0 saturated heterocycles. The van der Waals surface area contributed by atoms with E-state index in [1.807, 2.05) is 0 Å². The molecule has 0 atom stereocenters. The van der Waals surface area contributed by atoms with Crippen molar-refractivity contribution in [2.75, 3.05) is 0 Å². The molecule has 0 aromatic heterocycles. The average molecular weight is 155 g/mol. The van der Waals surface area contributed by atoms with Crippen LogP contribution >= 0.6 is 0 Å². The number of phenols is 1. The third kappa shape index (κ3) is 1.33. The van der Waals surface area contributed by atoms with Gasteiger partial charge in [-0.1, -0.05) is 12.1 Å². The third-order valence-electron chi connectivity index (χ3n) is 1.61. The zero-order chi connectivity index (χ0) is 8.43. The molecule has 0 heterocycles. The summed E-state index contributed by atoms with van der Waals surface area (Å²) in [6.45, 7) is 1.75. The van der Waals surface area contributed by atoms with Crippen molar-refractivity contribution in [2.24, 2.45) is 5.73 Å². The molecule has 0 bridgehead atoms. The molecule has 0 aliphatic heterocycles. The van der Waals surface area contributed by atoms with Gasteiger partial charge < -0.3 is 10.8 Å². The maximum absolute atomic E-state index is 12.9. The van der Waals surface area contributed by atoms with Gasteiger partial charge in [-0.3, -0.25) is 0 Å². The summed E-state index contributed by atoms with van der Waals surface area (Å²) < 4.78 is 12.9. The number of rotatable bonds is 1. The molecule has 0 fully saturated rings. The molecule has 0 aliphatic rings. The number of aryl methyl sites for hydroxylation is 1. The van der Waals surface area contributed by atoms with E-state index in [0.29, 0.717) is 11.1 Å². The second-order valence-electron chi connectivity index (χ2n) is 2.41. The lowest BCUT2D eigenvalue weighted by atomic mass is 10.1. The fourth-order valence-corrected chi connectivity index (χ4v) is 0.870. The van der Waals surface area contributed by atoms with Crippen molar-refractivity contribution in [1.29, 1.82) is 0 Å².